The first-order chi connectivity index (χ1) is 48.2. The maximum Gasteiger partial charge on any atom is 1.00 e. The van der Waals surface area contributed by atoms with E-state index in [-0.39, 0.29) is 139 Å². The van der Waals surface area contributed by atoms with E-state index in [1.165, 1.54) is 19.0 Å². The Kier molecular flexibility index (Phi) is 26.7. The number of aromatic nitrogens is 10. The Morgan fingerprint density at radius 1 is 0.481 bits per heavy atom. The number of ketones is 1. The van der Waals surface area contributed by atoms with Gasteiger partial charge in [-0.15, -0.1) is 12.4 Å². The number of hydrogen-bond donors (Lipinski definition) is 11. The molecule has 0 unspecified atom stereocenters. The van der Waals surface area contributed by atoms with Crippen LogP contribution in [0.3, 0.4) is 0 Å². The SMILES string of the molecule is Cc1cc(Br)c(=O)[nH]c1C(N)=O.Cc1cc(Br)c(=O)n2c1C(=O)NC21CCCC1.Cc1cc(Nc2cc(N)ncn2)c(=O)n2c1C(=O)NC21CCCC1.Cc1cc(Nc2cc(NC(=O)C3CC3)ncn2)c(=O)n2c1C(=O)NC21CCCC1.Cl.Nc1cc(NC(=O)C2CC2)ncn1.O=C1CCCC1.[K+].[OH-]. The van der Waals surface area contributed by atoms with Gasteiger partial charge in [-0.3, -0.25) is 66.4 Å². The third-order valence-electron chi connectivity index (χ3n) is 19.0. The summed E-state index contributed by atoms with van der Waals surface area (Å²) >= 11 is 6.31. The zero-order valence-corrected chi connectivity index (χ0v) is 65.0. The van der Waals surface area contributed by atoms with Crippen LogP contribution in [0.1, 0.15) is 193 Å². The molecule has 6 aliphatic carbocycles. The second kappa shape index (κ2) is 34.2. The Morgan fingerprint density at radius 3 is 1.20 bits per heavy atom. The molecule has 6 amide bonds. The minimum absolute atomic E-state index is 0. The van der Waals surface area contributed by atoms with Crippen molar-refractivity contribution >= 4 is 132 Å². The first-order valence-electron chi connectivity index (χ1n) is 33.5. The van der Waals surface area contributed by atoms with Crippen molar-refractivity contribution in [2.75, 3.05) is 32.7 Å². The minimum Gasteiger partial charge on any atom is -0.870 e. The number of carbonyl (C=O) groups excluding carboxylic acids is 7. The number of pyridine rings is 4. The van der Waals surface area contributed by atoms with Gasteiger partial charge in [0.2, 0.25) is 11.8 Å². The number of aryl methyl sites for hydroxylation is 4. The number of nitrogens with zero attached hydrogens (tertiary/aromatic N) is 9. The normalized spacial score (nSPS) is 17.2. The molecule has 0 bridgehead atoms. The van der Waals surface area contributed by atoms with Crippen LogP contribution in [0.4, 0.5) is 46.3 Å². The molecule has 10 heterocycles. The summed E-state index contributed by atoms with van der Waals surface area (Å²) in [7, 11) is 0. The topological polar surface area (TPSA) is 488 Å². The number of nitrogen functional groups attached to an aromatic ring is 2. The number of carbonyl (C=O) groups is 7. The number of amides is 6. The minimum atomic E-state index is -0.628. The summed E-state index contributed by atoms with van der Waals surface area (Å²) in [5, 5.41) is 20.6. The Labute approximate surface area is 661 Å². The number of nitrogens with two attached hydrogens (primary N) is 3. The van der Waals surface area contributed by atoms with Crippen molar-refractivity contribution in [3.05, 3.63) is 157 Å². The van der Waals surface area contributed by atoms with E-state index in [1.807, 2.05) is 20.8 Å². The standard InChI is InChI=1S/C20H22N6O3.C16H18N6O2.C12H13BrN2O2.C8H10N4O.C7H7BrN2O2.C5H8O.ClH.K.H2O/c1-11-8-13(19(29)26-16(11)18(28)25-20(26)6-2-3-7-20)23-14-9-15(22-10-21-14)24-17(27)12-4-5-12;1-9-6-10(20-12-7-11(17)18-8-19-12)15(24)22-13(9)14(23)21-16(22)4-2-3-5-16;1-7-6-8(13)11(17)15-9(7)10(16)14-12(15)4-2-3-5-12;9-6-3-7(11-4-10-6)12-8(13)5-1-2-5;1-3-2-4(8)7(12)10-5(3)6(9)11;6-5-3-1-2-4-5;;;/h8-10,12H,2-7H2,1H3,(H,25,28)(H2,21,22,23,24,27);6-8H,2-5H2,1H3,(H,21,23)(H3,17,18,19,20);6H,2-5H2,1H3,(H,14,16);3-5H,1-2H2,(H3,9,10,11,12,13);2H,1H3,(H2,9,11)(H,10,12);1-4H2;1H;;1H2/q;;;;;;;+1;/p-1. The number of Topliss-reactive ketones (excluding diaryl/α,β-unsaturated/α-hetero) is 1. The summed E-state index contributed by atoms with van der Waals surface area (Å²) < 4.78 is 5.84. The average Bonchev–Trinajstić information content (AvgIpc) is 1.58. The quantitative estimate of drug-likeness (QED) is 0.0888. The molecular weight excluding hydrogens is 1520 g/mol. The van der Waals surface area contributed by atoms with Crippen LogP contribution in [0.2, 0.25) is 0 Å². The summed E-state index contributed by atoms with van der Waals surface area (Å²) in [6.45, 7) is 7.22. The molecule has 7 aromatic heterocycles. The number of fused-ring (bicyclic) bond motifs is 6. The van der Waals surface area contributed by atoms with E-state index in [0.29, 0.717) is 83.7 Å². The van der Waals surface area contributed by atoms with E-state index in [1.54, 1.807) is 63.1 Å². The molecular formula is C68H80Br2ClKN20O12. The molecule has 0 radical (unpaired) electrons. The van der Waals surface area contributed by atoms with Crippen molar-refractivity contribution in [2.24, 2.45) is 17.6 Å². The van der Waals surface area contributed by atoms with Gasteiger partial charge < -0.3 is 64.9 Å². The Morgan fingerprint density at radius 2 is 0.827 bits per heavy atom. The van der Waals surface area contributed by atoms with Crippen LogP contribution in [0.15, 0.2) is 89.6 Å². The zero-order chi connectivity index (χ0) is 72.2. The number of rotatable bonds is 9. The molecule has 104 heavy (non-hydrogen) atoms. The maximum atomic E-state index is 13.3. The van der Waals surface area contributed by atoms with Gasteiger partial charge in [0.25, 0.3) is 45.9 Å². The van der Waals surface area contributed by atoms with Gasteiger partial charge in [0.15, 0.2) is 0 Å². The van der Waals surface area contributed by atoms with E-state index in [2.05, 4.69) is 104 Å². The van der Waals surface area contributed by atoms with Crippen LogP contribution in [0, 0.1) is 39.5 Å². The van der Waals surface area contributed by atoms with Crippen LogP contribution < -0.4 is 128 Å². The van der Waals surface area contributed by atoms with Gasteiger partial charge in [0, 0.05) is 42.9 Å². The molecule has 36 heteroatoms. The molecule has 32 nitrogen and oxygen atoms in total. The molecule has 6 fully saturated rings. The smallest absolute Gasteiger partial charge is 0.870 e. The van der Waals surface area contributed by atoms with Gasteiger partial charge in [-0.2, -0.15) is 0 Å². The molecule has 15 N–H and O–H groups in total. The number of primary amides is 1. The Hall–Kier alpha value is -8.42. The van der Waals surface area contributed by atoms with Gasteiger partial charge in [0.05, 0.1) is 8.95 Å². The van der Waals surface area contributed by atoms with Gasteiger partial charge in [-0.05, 0) is 222 Å². The Balaban J connectivity index is 0.000000165. The van der Waals surface area contributed by atoms with Crippen LogP contribution in [-0.4, -0.2) is 95.3 Å². The summed E-state index contributed by atoms with van der Waals surface area (Å²) in [5.74, 6) is 1.95. The van der Waals surface area contributed by atoms with Crippen molar-refractivity contribution < 1.29 is 90.4 Å². The number of halogens is 3. The van der Waals surface area contributed by atoms with E-state index in [0.717, 1.165) is 145 Å². The summed E-state index contributed by atoms with van der Waals surface area (Å²) in [6, 6.07) is 11.3. The first-order valence-corrected chi connectivity index (χ1v) is 35.1. The second-order valence-corrected chi connectivity index (χ2v) is 28.2. The monoisotopic (exact) mass is 1600 g/mol. The number of aromatic amines is 1. The molecule has 3 aliphatic heterocycles. The van der Waals surface area contributed by atoms with Crippen LogP contribution in [-0.2, 0) is 31.4 Å². The number of anilines is 8. The molecule has 6 saturated carbocycles. The van der Waals surface area contributed by atoms with Crippen molar-refractivity contribution in [1.29, 1.82) is 0 Å². The van der Waals surface area contributed by atoms with E-state index < -0.39 is 22.9 Å². The fraction of sp³-hybridized carbons (Fsp3) is 0.426. The predicted octanol–water partition coefficient (Wildman–Crippen LogP) is 4.47. The van der Waals surface area contributed by atoms with Gasteiger partial charge in [0.1, 0.15) is 111 Å². The third kappa shape index (κ3) is 18.1. The molecule has 7 aromatic rings. The molecule has 546 valence electrons. The summed E-state index contributed by atoms with van der Waals surface area (Å²) in [6.07, 6.45) is 22.5. The number of H-pyrrole nitrogens is 1. The van der Waals surface area contributed by atoms with E-state index >= 15 is 0 Å². The predicted molar refractivity (Wildman–Crippen MR) is 391 cm³/mol. The fourth-order valence-electron chi connectivity index (χ4n) is 13.8. The van der Waals surface area contributed by atoms with Crippen molar-refractivity contribution in [3.63, 3.8) is 0 Å². The molecule has 0 saturated heterocycles. The van der Waals surface area contributed by atoms with Crippen LogP contribution >= 0.6 is 44.3 Å². The number of nitrogens with one attached hydrogen (secondary N) is 8. The van der Waals surface area contributed by atoms with Gasteiger partial charge >= 0.3 is 51.4 Å². The number of hydrogen-bond acceptors (Lipinski definition) is 22. The van der Waals surface area contributed by atoms with Crippen molar-refractivity contribution in [3.8, 4) is 0 Å². The fourth-order valence-corrected chi connectivity index (χ4v) is 14.7. The van der Waals surface area contributed by atoms with Gasteiger partial charge in [-0.1, -0.05) is 0 Å². The molecule has 0 atom stereocenters. The van der Waals surface area contributed by atoms with E-state index in [9.17, 15) is 52.7 Å². The summed E-state index contributed by atoms with van der Waals surface area (Å²) in [5.41, 5.74) is 18.7. The maximum absolute atomic E-state index is 13.3. The molecule has 0 aromatic carbocycles. The third-order valence-corrected chi connectivity index (χ3v) is 20.1. The van der Waals surface area contributed by atoms with Crippen LogP contribution in [0.25, 0.3) is 0 Å². The Bertz CT molecular complexity index is 4750. The van der Waals surface area contributed by atoms with Crippen molar-refractivity contribution in [2.45, 2.75) is 173 Å². The summed E-state index contributed by atoms with van der Waals surface area (Å²) in [4.78, 5) is 157. The van der Waals surface area contributed by atoms with Crippen molar-refractivity contribution in [1.82, 2.24) is 64.5 Å². The largest absolute Gasteiger partial charge is 1.00 e. The van der Waals surface area contributed by atoms with E-state index in [4.69, 9.17) is 17.2 Å². The van der Waals surface area contributed by atoms with Crippen LogP contribution in [0.5, 0.6) is 0 Å². The second-order valence-electron chi connectivity index (χ2n) is 26.5. The molecule has 16 rings (SSSR count). The average molecular weight is 1600 g/mol. The zero-order valence-electron chi connectivity index (χ0n) is 57.9. The molecule has 3 spiro atoms. The molecule has 9 aliphatic rings. The van der Waals surface area contributed by atoms with Gasteiger partial charge in [-0.25, -0.2) is 29.9 Å². The first kappa shape index (κ1) is 81.2.